The van der Waals surface area contributed by atoms with Crippen LogP contribution in [-0.4, -0.2) is 11.1 Å². The molecule has 94 valence electrons. The van der Waals surface area contributed by atoms with E-state index in [4.69, 9.17) is 5.11 Å². The number of hydrogen-bond acceptors (Lipinski definition) is 1. The van der Waals surface area contributed by atoms with Gasteiger partial charge in [0.05, 0.1) is 0 Å². The monoisotopic (exact) mass is 242 g/mol. The number of carboxylic acid groups (broad SMARTS) is 1. The zero-order chi connectivity index (χ0) is 13.0. The van der Waals surface area contributed by atoms with E-state index in [1.165, 1.54) is 30.0 Å². The van der Waals surface area contributed by atoms with Crippen molar-refractivity contribution in [2.45, 2.75) is 32.6 Å². The third-order valence-electron chi connectivity index (χ3n) is 3.31. The molecule has 0 fully saturated rings. The first-order valence-electron chi connectivity index (χ1n) is 6.43. The Morgan fingerprint density at radius 2 is 1.89 bits per heavy atom. The fourth-order valence-electron chi connectivity index (χ4n) is 2.37. The maximum Gasteiger partial charge on any atom is 0.303 e. The van der Waals surface area contributed by atoms with Crippen LogP contribution in [0.3, 0.4) is 0 Å². The molecule has 1 aliphatic rings. The maximum absolute atomic E-state index is 9.37. The summed E-state index contributed by atoms with van der Waals surface area (Å²) in [5.74, 6) is -0.745. The van der Waals surface area contributed by atoms with Gasteiger partial charge in [-0.25, -0.2) is 0 Å². The van der Waals surface area contributed by atoms with E-state index in [9.17, 15) is 4.79 Å². The lowest BCUT2D eigenvalue weighted by atomic mass is 10.0. The van der Waals surface area contributed by atoms with Crippen molar-refractivity contribution >= 4 is 16.7 Å². The van der Waals surface area contributed by atoms with Gasteiger partial charge in [-0.1, -0.05) is 43.3 Å². The first kappa shape index (κ1) is 12.6. The fraction of sp³-hybridized carbons (Fsp3) is 0.312. The zero-order valence-electron chi connectivity index (χ0n) is 10.6. The molecule has 0 aromatic heterocycles. The Bertz CT molecular complexity index is 558. The predicted molar refractivity (Wildman–Crippen MR) is 73.9 cm³/mol. The van der Waals surface area contributed by atoms with Crippen molar-refractivity contribution in [1.82, 2.24) is 0 Å². The fourth-order valence-corrected chi connectivity index (χ4v) is 2.37. The van der Waals surface area contributed by atoms with Crippen LogP contribution in [0.15, 0.2) is 36.4 Å². The molecule has 1 aliphatic carbocycles. The molecule has 0 aliphatic heterocycles. The van der Waals surface area contributed by atoms with E-state index < -0.39 is 5.97 Å². The second kappa shape index (κ2) is 5.67. The minimum absolute atomic E-state index is 0.222. The molecule has 0 saturated carbocycles. The summed E-state index contributed by atoms with van der Waals surface area (Å²) in [7, 11) is 0. The van der Waals surface area contributed by atoms with Crippen molar-refractivity contribution in [3.63, 3.8) is 0 Å². The number of aryl methyl sites for hydroxylation is 2. The molecular formula is C16H18O2. The van der Waals surface area contributed by atoms with Crippen LogP contribution in [0.25, 0.3) is 10.8 Å². The highest BCUT2D eigenvalue weighted by Gasteiger charge is 2.12. The Balaban J connectivity index is 0.000000209. The van der Waals surface area contributed by atoms with E-state index in [1.807, 2.05) is 0 Å². The molecule has 2 aromatic carbocycles. The molecule has 0 radical (unpaired) electrons. The third-order valence-corrected chi connectivity index (χ3v) is 3.31. The third kappa shape index (κ3) is 2.70. The minimum Gasteiger partial charge on any atom is -0.481 e. The van der Waals surface area contributed by atoms with Crippen LogP contribution >= 0.6 is 0 Å². The summed E-state index contributed by atoms with van der Waals surface area (Å²) in [6.45, 7) is 1.60. The highest BCUT2D eigenvalue weighted by molar-refractivity contribution is 5.87. The molecule has 0 heterocycles. The largest absolute Gasteiger partial charge is 0.481 e. The van der Waals surface area contributed by atoms with E-state index in [1.54, 1.807) is 18.1 Å². The molecule has 2 nitrogen and oxygen atoms in total. The minimum atomic E-state index is -0.745. The van der Waals surface area contributed by atoms with Gasteiger partial charge in [-0.05, 0) is 41.2 Å². The number of fused-ring (bicyclic) bond motifs is 3. The van der Waals surface area contributed by atoms with Crippen LogP contribution in [0.4, 0.5) is 0 Å². The van der Waals surface area contributed by atoms with Gasteiger partial charge in [-0.15, -0.1) is 0 Å². The molecule has 0 atom stereocenters. The van der Waals surface area contributed by atoms with Crippen LogP contribution in [0, 0.1) is 0 Å². The second-order valence-corrected chi connectivity index (χ2v) is 4.53. The topological polar surface area (TPSA) is 37.3 Å². The Morgan fingerprint density at radius 1 is 1.17 bits per heavy atom. The summed E-state index contributed by atoms with van der Waals surface area (Å²) in [6, 6.07) is 13.3. The van der Waals surface area contributed by atoms with E-state index in [0.29, 0.717) is 0 Å². The molecule has 18 heavy (non-hydrogen) atoms. The average molecular weight is 242 g/mol. The lowest BCUT2D eigenvalue weighted by molar-refractivity contribution is -0.136. The van der Waals surface area contributed by atoms with Crippen molar-refractivity contribution in [3.8, 4) is 0 Å². The lowest BCUT2D eigenvalue weighted by Crippen LogP contribution is -1.86. The summed E-state index contributed by atoms with van der Waals surface area (Å²) < 4.78 is 0. The van der Waals surface area contributed by atoms with E-state index in [0.717, 1.165) is 0 Å². The molecule has 3 rings (SSSR count). The van der Waals surface area contributed by atoms with Crippen molar-refractivity contribution in [2.24, 2.45) is 0 Å². The molecule has 0 unspecified atom stereocenters. The molecule has 2 heteroatoms. The summed E-state index contributed by atoms with van der Waals surface area (Å²) in [5.41, 5.74) is 3.16. The molecule has 2 aromatic rings. The lowest BCUT2D eigenvalue weighted by Gasteiger charge is -2.03. The molecule has 0 bridgehead atoms. The summed E-state index contributed by atoms with van der Waals surface area (Å²) in [6.07, 6.45) is 4.11. The molecular weight excluding hydrogens is 224 g/mol. The normalized spacial score (nSPS) is 12.7. The Kier molecular flexibility index (Phi) is 3.98. The van der Waals surface area contributed by atoms with Gasteiger partial charge in [0.1, 0.15) is 0 Å². The second-order valence-electron chi connectivity index (χ2n) is 4.53. The van der Waals surface area contributed by atoms with Crippen molar-refractivity contribution in [2.75, 3.05) is 0 Å². The van der Waals surface area contributed by atoms with Gasteiger partial charge in [-0.2, -0.15) is 0 Å². The van der Waals surface area contributed by atoms with Crippen molar-refractivity contribution in [1.29, 1.82) is 0 Å². The Labute approximate surface area is 107 Å². The molecule has 0 saturated heterocycles. The van der Waals surface area contributed by atoms with E-state index in [2.05, 4.69) is 36.4 Å². The first-order chi connectivity index (χ1) is 8.72. The molecule has 1 N–H and O–H groups in total. The number of aliphatic carboxylic acids is 1. The zero-order valence-corrected chi connectivity index (χ0v) is 10.6. The van der Waals surface area contributed by atoms with E-state index >= 15 is 0 Å². The summed E-state index contributed by atoms with van der Waals surface area (Å²) in [5, 5.41) is 10.6. The highest BCUT2D eigenvalue weighted by Crippen LogP contribution is 2.29. The number of benzene rings is 2. The maximum atomic E-state index is 9.37. The summed E-state index contributed by atoms with van der Waals surface area (Å²) in [4.78, 5) is 9.37. The van der Waals surface area contributed by atoms with Crippen molar-refractivity contribution in [3.05, 3.63) is 47.5 Å². The van der Waals surface area contributed by atoms with E-state index in [-0.39, 0.29) is 6.42 Å². The SMILES string of the molecule is CCC(=O)O.c1ccc2c3c(ccc2c1)CCC3. The van der Waals surface area contributed by atoms with Crippen LogP contribution in [0.5, 0.6) is 0 Å². The van der Waals surface area contributed by atoms with Crippen molar-refractivity contribution < 1.29 is 9.90 Å². The predicted octanol–water partition coefficient (Wildman–Crippen LogP) is 3.81. The van der Waals surface area contributed by atoms with Crippen LogP contribution in [0.1, 0.15) is 30.9 Å². The van der Waals surface area contributed by atoms with Gasteiger partial charge in [0.15, 0.2) is 0 Å². The van der Waals surface area contributed by atoms with Gasteiger partial charge in [0.25, 0.3) is 0 Å². The standard InChI is InChI=1S/C13H12.C3H6O2/c1-2-6-12-10(4-1)8-9-11-5-3-7-13(11)12;1-2-3(4)5/h1-2,4,6,8-9H,3,5,7H2;2H2,1H3,(H,4,5). The number of carboxylic acids is 1. The number of carbonyl (C=O) groups is 1. The van der Waals surface area contributed by atoms with Gasteiger partial charge < -0.3 is 5.11 Å². The first-order valence-corrected chi connectivity index (χ1v) is 6.43. The Hall–Kier alpha value is -1.83. The quantitative estimate of drug-likeness (QED) is 0.825. The number of rotatable bonds is 1. The van der Waals surface area contributed by atoms with Crippen LogP contribution < -0.4 is 0 Å². The van der Waals surface area contributed by atoms with Gasteiger partial charge in [-0.3, -0.25) is 4.79 Å². The Morgan fingerprint density at radius 3 is 2.61 bits per heavy atom. The van der Waals surface area contributed by atoms with Gasteiger partial charge in [0.2, 0.25) is 0 Å². The summed E-state index contributed by atoms with van der Waals surface area (Å²) >= 11 is 0. The van der Waals surface area contributed by atoms with Crippen LogP contribution in [-0.2, 0) is 17.6 Å². The smallest absolute Gasteiger partial charge is 0.303 e. The highest BCUT2D eigenvalue weighted by atomic mass is 16.4. The average Bonchev–Trinajstić information content (AvgIpc) is 2.88. The molecule has 0 spiro atoms. The van der Waals surface area contributed by atoms with Crippen LogP contribution in [0.2, 0.25) is 0 Å². The van der Waals surface area contributed by atoms with Gasteiger partial charge in [0, 0.05) is 6.42 Å². The number of hydrogen-bond donors (Lipinski definition) is 1. The molecule has 0 amide bonds. The van der Waals surface area contributed by atoms with Gasteiger partial charge >= 0.3 is 5.97 Å².